The van der Waals surface area contributed by atoms with Crippen molar-refractivity contribution in [2.45, 2.75) is 65.2 Å². The average molecular weight is 478 g/mol. The number of ether oxygens (including phenoxy) is 2. The molecule has 0 aliphatic carbocycles. The first-order chi connectivity index (χ1) is 16.3. The van der Waals surface area contributed by atoms with Crippen LogP contribution in [-0.4, -0.2) is 47.3 Å². The monoisotopic (exact) mass is 477 g/mol. The quantitative estimate of drug-likeness (QED) is 0.364. The fourth-order valence-corrected chi connectivity index (χ4v) is 2.92. The molecule has 2 rings (SSSR count). The van der Waals surface area contributed by atoms with E-state index in [-0.39, 0.29) is 5.96 Å². The lowest BCUT2D eigenvalue weighted by Crippen LogP contribution is -2.49. The van der Waals surface area contributed by atoms with Gasteiger partial charge in [0.1, 0.15) is 11.2 Å². The summed E-state index contributed by atoms with van der Waals surface area (Å²) in [5.41, 5.74) is 0.425. The number of benzene rings is 2. The van der Waals surface area contributed by atoms with Crippen LogP contribution in [0.1, 0.15) is 52.7 Å². The number of nitrogens with one attached hydrogen (secondary N) is 1. The van der Waals surface area contributed by atoms with Crippen molar-refractivity contribution in [3.63, 3.8) is 0 Å². The van der Waals surface area contributed by atoms with Gasteiger partial charge in [-0.2, -0.15) is 0 Å². The molecule has 0 heterocycles. The SMILES string of the molecule is CN(/C(=N/C(=O)OC(C)(C)C)NC(=O)OC(C)(C)C)C(C#Cc1ccccc1)Cc1ccccc1. The van der Waals surface area contributed by atoms with Gasteiger partial charge in [0.05, 0.1) is 6.04 Å². The molecule has 7 heteroatoms. The minimum atomic E-state index is -0.829. The minimum absolute atomic E-state index is 0.0169. The van der Waals surface area contributed by atoms with Gasteiger partial charge in [0, 0.05) is 19.0 Å². The normalized spacial score (nSPS) is 12.6. The van der Waals surface area contributed by atoms with Gasteiger partial charge in [-0.25, -0.2) is 9.59 Å². The Morgan fingerprint density at radius 1 is 0.914 bits per heavy atom. The van der Waals surface area contributed by atoms with Gasteiger partial charge in [-0.1, -0.05) is 60.4 Å². The van der Waals surface area contributed by atoms with Crippen LogP contribution in [0.4, 0.5) is 9.59 Å². The zero-order chi connectivity index (χ0) is 26.1. The number of hydrogen-bond acceptors (Lipinski definition) is 4. The van der Waals surface area contributed by atoms with Crippen molar-refractivity contribution in [3.05, 3.63) is 71.8 Å². The molecular weight excluding hydrogens is 442 g/mol. The van der Waals surface area contributed by atoms with Gasteiger partial charge in [0.2, 0.25) is 5.96 Å². The second-order valence-corrected chi connectivity index (χ2v) is 9.99. The van der Waals surface area contributed by atoms with Crippen LogP contribution < -0.4 is 5.32 Å². The maximum Gasteiger partial charge on any atom is 0.437 e. The van der Waals surface area contributed by atoms with E-state index in [0.29, 0.717) is 6.42 Å². The van der Waals surface area contributed by atoms with Crippen molar-refractivity contribution in [2.24, 2.45) is 4.99 Å². The summed E-state index contributed by atoms with van der Waals surface area (Å²) in [5.74, 6) is 6.42. The summed E-state index contributed by atoms with van der Waals surface area (Å²) in [6.45, 7) is 10.5. The number of guanidine groups is 1. The Morgan fingerprint density at radius 2 is 1.46 bits per heavy atom. The Bertz CT molecular complexity index is 1070. The Balaban J connectivity index is 2.43. The van der Waals surface area contributed by atoms with E-state index in [1.165, 1.54) is 0 Å². The predicted octanol–water partition coefficient (Wildman–Crippen LogP) is 5.40. The molecule has 0 saturated heterocycles. The molecule has 186 valence electrons. The van der Waals surface area contributed by atoms with Crippen LogP contribution in [0.3, 0.4) is 0 Å². The highest BCUT2D eigenvalue weighted by Crippen LogP contribution is 2.12. The Hall–Kier alpha value is -3.79. The molecular formula is C28H35N3O4. The van der Waals surface area contributed by atoms with Crippen molar-refractivity contribution < 1.29 is 19.1 Å². The van der Waals surface area contributed by atoms with Gasteiger partial charge in [-0.05, 0) is 59.2 Å². The van der Waals surface area contributed by atoms with E-state index in [1.54, 1.807) is 53.5 Å². The number of carbonyl (C=O) groups excluding carboxylic acids is 2. The van der Waals surface area contributed by atoms with Gasteiger partial charge in [0.25, 0.3) is 0 Å². The van der Waals surface area contributed by atoms with Gasteiger partial charge < -0.3 is 14.4 Å². The van der Waals surface area contributed by atoms with E-state index in [0.717, 1.165) is 11.1 Å². The number of likely N-dealkylation sites (N-methyl/N-ethyl adjacent to an activating group) is 1. The van der Waals surface area contributed by atoms with Crippen LogP contribution in [0, 0.1) is 11.8 Å². The van der Waals surface area contributed by atoms with Crippen molar-refractivity contribution in [3.8, 4) is 11.8 Å². The van der Waals surface area contributed by atoms with E-state index >= 15 is 0 Å². The molecule has 0 aromatic heterocycles. The largest absolute Gasteiger partial charge is 0.444 e. The highest BCUT2D eigenvalue weighted by atomic mass is 16.6. The van der Waals surface area contributed by atoms with Crippen molar-refractivity contribution in [1.29, 1.82) is 0 Å². The van der Waals surface area contributed by atoms with Crippen LogP contribution in [0.5, 0.6) is 0 Å². The summed E-state index contributed by atoms with van der Waals surface area (Å²) >= 11 is 0. The number of carbonyl (C=O) groups is 2. The van der Waals surface area contributed by atoms with Crippen LogP contribution in [0.15, 0.2) is 65.7 Å². The van der Waals surface area contributed by atoms with Crippen LogP contribution in [-0.2, 0) is 15.9 Å². The number of nitrogens with zero attached hydrogens (tertiary/aromatic N) is 2. The van der Waals surface area contributed by atoms with Crippen molar-refractivity contribution in [2.75, 3.05) is 7.05 Å². The second kappa shape index (κ2) is 12.1. The fraction of sp³-hybridized carbons (Fsp3) is 0.393. The fourth-order valence-electron chi connectivity index (χ4n) is 2.92. The van der Waals surface area contributed by atoms with Gasteiger partial charge in [0.15, 0.2) is 0 Å². The zero-order valence-electron chi connectivity index (χ0n) is 21.6. The molecule has 2 aromatic carbocycles. The third-order valence-electron chi connectivity index (χ3n) is 4.43. The molecule has 2 aromatic rings. The summed E-state index contributed by atoms with van der Waals surface area (Å²) in [4.78, 5) is 30.8. The molecule has 0 bridgehead atoms. The van der Waals surface area contributed by atoms with Gasteiger partial charge in [-0.3, -0.25) is 5.32 Å². The number of amides is 2. The third-order valence-corrected chi connectivity index (χ3v) is 4.43. The number of hydrogen-bond donors (Lipinski definition) is 1. The van der Waals surface area contributed by atoms with E-state index in [1.807, 2.05) is 60.7 Å². The van der Waals surface area contributed by atoms with Crippen molar-refractivity contribution in [1.82, 2.24) is 10.2 Å². The lowest BCUT2D eigenvalue weighted by atomic mass is 10.0. The molecule has 1 unspecified atom stereocenters. The molecule has 0 aliphatic rings. The average Bonchev–Trinajstić information content (AvgIpc) is 2.74. The van der Waals surface area contributed by atoms with Crippen LogP contribution in [0.2, 0.25) is 0 Å². The van der Waals surface area contributed by atoms with Crippen LogP contribution >= 0.6 is 0 Å². The van der Waals surface area contributed by atoms with Crippen molar-refractivity contribution >= 4 is 18.1 Å². The highest BCUT2D eigenvalue weighted by molar-refractivity contribution is 5.99. The van der Waals surface area contributed by atoms with Gasteiger partial charge in [-0.15, -0.1) is 4.99 Å². The molecule has 0 radical (unpaired) electrons. The third kappa shape index (κ3) is 10.8. The molecule has 1 atom stereocenters. The summed E-state index contributed by atoms with van der Waals surface area (Å²) in [6, 6.07) is 19.0. The smallest absolute Gasteiger partial charge is 0.437 e. The lowest BCUT2D eigenvalue weighted by molar-refractivity contribution is 0.0555. The Morgan fingerprint density at radius 3 is 2.00 bits per heavy atom. The standard InChI is InChI=1S/C28H35N3O4/c1-27(2,3)34-25(32)29-24(30-26(33)35-28(4,5)6)31(7)23(20-22-16-12-9-13-17-22)19-18-21-14-10-8-11-15-21/h8-17,23H,20H2,1-7H3,(H,29,30,32,33). The molecule has 7 nitrogen and oxygen atoms in total. The summed E-state index contributed by atoms with van der Waals surface area (Å²) < 4.78 is 10.7. The van der Waals surface area contributed by atoms with Crippen LogP contribution in [0.25, 0.3) is 0 Å². The predicted molar refractivity (Wildman–Crippen MR) is 138 cm³/mol. The number of alkyl carbamates (subject to hydrolysis) is 1. The Kier molecular flexibility index (Phi) is 9.47. The second-order valence-electron chi connectivity index (χ2n) is 9.99. The summed E-state index contributed by atoms with van der Waals surface area (Å²) in [7, 11) is 1.72. The summed E-state index contributed by atoms with van der Waals surface area (Å²) in [6.07, 6.45) is -1.04. The summed E-state index contributed by atoms with van der Waals surface area (Å²) in [5, 5.41) is 2.60. The first-order valence-electron chi connectivity index (χ1n) is 11.5. The van der Waals surface area contributed by atoms with E-state index < -0.39 is 29.4 Å². The first kappa shape index (κ1) is 27.5. The van der Waals surface area contributed by atoms with E-state index in [9.17, 15) is 9.59 Å². The zero-order valence-corrected chi connectivity index (χ0v) is 21.6. The van der Waals surface area contributed by atoms with E-state index in [2.05, 4.69) is 22.2 Å². The topological polar surface area (TPSA) is 80.2 Å². The Labute approximate surface area is 208 Å². The number of aliphatic imine (C=N–C) groups is 1. The molecule has 0 saturated carbocycles. The number of rotatable bonds is 3. The molecule has 1 N–H and O–H groups in total. The highest BCUT2D eigenvalue weighted by Gasteiger charge is 2.25. The molecule has 2 amide bonds. The lowest BCUT2D eigenvalue weighted by Gasteiger charge is -2.28. The molecule has 35 heavy (non-hydrogen) atoms. The van der Waals surface area contributed by atoms with E-state index in [4.69, 9.17) is 9.47 Å². The van der Waals surface area contributed by atoms with Gasteiger partial charge >= 0.3 is 12.2 Å². The first-order valence-corrected chi connectivity index (χ1v) is 11.5. The molecule has 0 aliphatic heterocycles. The minimum Gasteiger partial charge on any atom is -0.444 e. The maximum absolute atomic E-state index is 12.6. The molecule has 0 spiro atoms. The maximum atomic E-state index is 12.6. The molecule has 0 fully saturated rings.